The molecule has 4 heteroatoms. The zero-order valence-corrected chi connectivity index (χ0v) is 9.78. The monoisotopic (exact) mass is 221 g/mol. The summed E-state index contributed by atoms with van der Waals surface area (Å²) in [5, 5.41) is 6.98. The van der Waals surface area contributed by atoms with Crippen molar-refractivity contribution in [1.82, 2.24) is 15.1 Å². The van der Waals surface area contributed by atoms with Gasteiger partial charge in [-0.2, -0.15) is 5.10 Å². The Hall–Kier alpha value is -1.32. The van der Waals surface area contributed by atoms with Crippen LogP contribution in [0.25, 0.3) is 0 Å². The first-order valence-electron chi connectivity index (χ1n) is 6.03. The molecule has 88 valence electrons. The molecule has 2 rings (SSSR count). The number of nitrogens with zero attached hydrogens (tertiary/aromatic N) is 2. The van der Waals surface area contributed by atoms with Crippen LogP contribution in [0.3, 0.4) is 0 Å². The second-order valence-corrected chi connectivity index (χ2v) is 4.55. The quantitative estimate of drug-likeness (QED) is 0.845. The smallest absolute Gasteiger partial charge is 0.269 e. The molecule has 0 aromatic carbocycles. The van der Waals surface area contributed by atoms with Crippen molar-refractivity contribution >= 4 is 5.91 Å². The summed E-state index contributed by atoms with van der Waals surface area (Å²) in [6.45, 7) is 0.810. The molecule has 1 aromatic rings. The van der Waals surface area contributed by atoms with Gasteiger partial charge in [0.1, 0.15) is 5.69 Å². The van der Waals surface area contributed by atoms with Crippen molar-refractivity contribution in [3.63, 3.8) is 0 Å². The molecule has 1 saturated carbocycles. The van der Waals surface area contributed by atoms with E-state index in [0.29, 0.717) is 11.6 Å². The van der Waals surface area contributed by atoms with E-state index in [0.717, 1.165) is 6.54 Å². The molecule has 0 atom stereocenters. The van der Waals surface area contributed by atoms with Gasteiger partial charge in [-0.15, -0.1) is 0 Å². The molecular formula is C12H19N3O. The van der Waals surface area contributed by atoms with E-state index in [4.69, 9.17) is 0 Å². The third-order valence-corrected chi connectivity index (χ3v) is 3.33. The summed E-state index contributed by atoms with van der Waals surface area (Å²) in [5.74, 6) is 0.663. The first-order valence-corrected chi connectivity index (χ1v) is 6.03. The molecule has 1 aliphatic rings. The predicted molar refractivity (Wildman–Crippen MR) is 62.1 cm³/mol. The number of carbonyl (C=O) groups is 1. The van der Waals surface area contributed by atoms with Crippen LogP contribution in [-0.4, -0.2) is 22.2 Å². The first-order chi connectivity index (χ1) is 7.77. The summed E-state index contributed by atoms with van der Waals surface area (Å²) < 4.78 is 1.61. The first kappa shape index (κ1) is 11.2. The Morgan fingerprint density at radius 2 is 2.25 bits per heavy atom. The van der Waals surface area contributed by atoms with Crippen LogP contribution in [0, 0.1) is 5.92 Å². The Labute approximate surface area is 96.0 Å². The number of carbonyl (C=O) groups excluding carboxylic acids is 1. The van der Waals surface area contributed by atoms with Crippen LogP contribution in [0.2, 0.25) is 0 Å². The summed E-state index contributed by atoms with van der Waals surface area (Å²) in [5.41, 5.74) is 0.635. The zero-order chi connectivity index (χ0) is 11.4. The fraction of sp³-hybridized carbons (Fsp3) is 0.667. The summed E-state index contributed by atoms with van der Waals surface area (Å²) in [6, 6.07) is 1.75. The third-order valence-electron chi connectivity index (χ3n) is 3.33. The normalized spacial score (nSPS) is 17.3. The van der Waals surface area contributed by atoms with Gasteiger partial charge in [0.05, 0.1) is 0 Å². The molecule has 1 amide bonds. The standard InChI is InChI=1S/C12H19N3O/c1-15-11(7-8-14-15)12(16)13-9-10-5-3-2-4-6-10/h7-8,10H,2-6,9H2,1H3,(H,13,16). The maximum atomic E-state index is 11.8. The molecule has 0 aliphatic heterocycles. The van der Waals surface area contributed by atoms with Crippen LogP contribution < -0.4 is 5.32 Å². The highest BCUT2D eigenvalue weighted by Crippen LogP contribution is 2.22. The van der Waals surface area contributed by atoms with Gasteiger partial charge in [0.15, 0.2) is 0 Å². The number of hydrogen-bond donors (Lipinski definition) is 1. The Morgan fingerprint density at radius 3 is 2.88 bits per heavy atom. The molecule has 16 heavy (non-hydrogen) atoms. The van der Waals surface area contributed by atoms with E-state index >= 15 is 0 Å². The minimum absolute atomic E-state index is 0.00873. The highest BCUT2D eigenvalue weighted by atomic mass is 16.2. The second-order valence-electron chi connectivity index (χ2n) is 4.55. The van der Waals surface area contributed by atoms with Crippen LogP contribution >= 0.6 is 0 Å². The van der Waals surface area contributed by atoms with Gasteiger partial charge in [-0.25, -0.2) is 0 Å². The number of aromatic nitrogens is 2. The molecule has 1 fully saturated rings. The van der Waals surface area contributed by atoms with Gasteiger partial charge < -0.3 is 5.32 Å². The van der Waals surface area contributed by atoms with Crippen molar-refractivity contribution in [2.45, 2.75) is 32.1 Å². The molecule has 0 radical (unpaired) electrons. The fourth-order valence-corrected chi connectivity index (χ4v) is 2.32. The average molecular weight is 221 g/mol. The minimum Gasteiger partial charge on any atom is -0.350 e. The Balaban J connectivity index is 1.81. The molecular weight excluding hydrogens is 202 g/mol. The molecule has 0 bridgehead atoms. The van der Waals surface area contributed by atoms with Gasteiger partial charge in [0, 0.05) is 19.8 Å². The predicted octanol–water partition coefficient (Wildman–Crippen LogP) is 1.73. The van der Waals surface area contributed by atoms with Gasteiger partial charge in [0.25, 0.3) is 5.91 Å². The van der Waals surface area contributed by atoms with E-state index in [1.54, 1.807) is 24.0 Å². The fourth-order valence-electron chi connectivity index (χ4n) is 2.32. The zero-order valence-electron chi connectivity index (χ0n) is 9.78. The minimum atomic E-state index is -0.00873. The Kier molecular flexibility index (Phi) is 3.59. The topological polar surface area (TPSA) is 46.9 Å². The van der Waals surface area contributed by atoms with E-state index < -0.39 is 0 Å². The number of hydrogen-bond acceptors (Lipinski definition) is 2. The molecule has 0 saturated heterocycles. The van der Waals surface area contributed by atoms with Crippen molar-refractivity contribution in [1.29, 1.82) is 0 Å². The van der Waals surface area contributed by atoms with Gasteiger partial charge in [0.2, 0.25) is 0 Å². The van der Waals surface area contributed by atoms with Crippen molar-refractivity contribution in [3.05, 3.63) is 18.0 Å². The van der Waals surface area contributed by atoms with E-state index in [1.165, 1.54) is 32.1 Å². The van der Waals surface area contributed by atoms with Crippen molar-refractivity contribution in [2.24, 2.45) is 13.0 Å². The lowest BCUT2D eigenvalue weighted by Crippen LogP contribution is -2.31. The van der Waals surface area contributed by atoms with Crippen LogP contribution in [0.4, 0.5) is 0 Å². The molecule has 1 aromatic heterocycles. The van der Waals surface area contributed by atoms with E-state index in [-0.39, 0.29) is 5.91 Å². The lowest BCUT2D eigenvalue weighted by molar-refractivity contribution is 0.0934. The summed E-state index contributed by atoms with van der Waals surface area (Å²) in [4.78, 5) is 11.8. The van der Waals surface area contributed by atoms with Crippen LogP contribution in [-0.2, 0) is 7.05 Å². The van der Waals surface area contributed by atoms with Gasteiger partial charge in [-0.1, -0.05) is 19.3 Å². The number of amides is 1. The van der Waals surface area contributed by atoms with E-state index in [2.05, 4.69) is 10.4 Å². The molecule has 0 unspecified atom stereocenters. The molecule has 4 nitrogen and oxygen atoms in total. The average Bonchev–Trinajstić information content (AvgIpc) is 2.74. The maximum Gasteiger partial charge on any atom is 0.269 e. The van der Waals surface area contributed by atoms with E-state index in [9.17, 15) is 4.79 Å². The lowest BCUT2D eigenvalue weighted by Gasteiger charge is -2.21. The second kappa shape index (κ2) is 5.14. The van der Waals surface area contributed by atoms with Gasteiger partial charge >= 0.3 is 0 Å². The Bertz CT molecular complexity index is 353. The van der Waals surface area contributed by atoms with E-state index in [1.807, 2.05) is 0 Å². The molecule has 1 heterocycles. The number of rotatable bonds is 3. The molecule has 0 spiro atoms. The van der Waals surface area contributed by atoms with Crippen molar-refractivity contribution in [2.75, 3.05) is 6.54 Å². The Morgan fingerprint density at radius 1 is 1.50 bits per heavy atom. The highest BCUT2D eigenvalue weighted by molar-refractivity contribution is 5.92. The van der Waals surface area contributed by atoms with Gasteiger partial charge in [-0.05, 0) is 24.8 Å². The van der Waals surface area contributed by atoms with Gasteiger partial charge in [-0.3, -0.25) is 9.48 Å². The number of aryl methyl sites for hydroxylation is 1. The van der Waals surface area contributed by atoms with Crippen LogP contribution in [0.15, 0.2) is 12.3 Å². The molecule has 1 aliphatic carbocycles. The van der Waals surface area contributed by atoms with Crippen molar-refractivity contribution < 1.29 is 4.79 Å². The van der Waals surface area contributed by atoms with Crippen LogP contribution in [0.1, 0.15) is 42.6 Å². The largest absolute Gasteiger partial charge is 0.350 e. The maximum absolute atomic E-state index is 11.8. The van der Waals surface area contributed by atoms with Crippen molar-refractivity contribution in [3.8, 4) is 0 Å². The molecule has 1 N–H and O–H groups in total. The lowest BCUT2D eigenvalue weighted by atomic mass is 9.89. The highest BCUT2D eigenvalue weighted by Gasteiger charge is 2.15. The summed E-state index contributed by atoms with van der Waals surface area (Å²) >= 11 is 0. The SMILES string of the molecule is Cn1nccc1C(=O)NCC1CCCCC1. The van der Waals surface area contributed by atoms with Crippen LogP contribution in [0.5, 0.6) is 0 Å². The number of nitrogens with one attached hydrogen (secondary N) is 1. The summed E-state index contributed by atoms with van der Waals surface area (Å²) in [7, 11) is 1.79. The summed E-state index contributed by atoms with van der Waals surface area (Å²) in [6.07, 6.45) is 8.14. The third kappa shape index (κ3) is 2.62.